The van der Waals surface area contributed by atoms with Crippen LogP contribution in [-0.2, 0) is 0 Å². The van der Waals surface area contributed by atoms with Gasteiger partial charge in [-0.15, -0.1) is 0 Å². The van der Waals surface area contributed by atoms with Crippen LogP contribution < -0.4 is 10.6 Å². The molecule has 0 aliphatic heterocycles. The molecule has 0 fully saturated rings. The Hall–Kier alpha value is -1.91. The van der Waals surface area contributed by atoms with E-state index in [1.807, 2.05) is 18.2 Å². The minimum atomic E-state index is 0.276. The normalized spacial score (nSPS) is 12.0. The van der Waals surface area contributed by atoms with Gasteiger partial charge in [-0.3, -0.25) is 0 Å². The quantitative estimate of drug-likeness (QED) is 0.825. The molecular formula is C18H23N3S. The molecule has 0 amide bonds. The fourth-order valence-corrected chi connectivity index (χ4v) is 2.56. The second-order valence-corrected chi connectivity index (χ2v) is 6.00. The molecule has 0 aliphatic rings. The van der Waals surface area contributed by atoms with Crippen molar-refractivity contribution in [1.29, 1.82) is 0 Å². The van der Waals surface area contributed by atoms with E-state index < -0.39 is 0 Å². The minimum absolute atomic E-state index is 0.276. The lowest BCUT2D eigenvalue weighted by atomic mass is 10.1. The van der Waals surface area contributed by atoms with Crippen molar-refractivity contribution in [3.63, 3.8) is 0 Å². The number of nitrogens with zero attached hydrogens (tertiary/aromatic N) is 1. The monoisotopic (exact) mass is 313 g/mol. The third kappa shape index (κ3) is 4.83. The first-order valence-electron chi connectivity index (χ1n) is 7.39. The zero-order valence-corrected chi connectivity index (χ0v) is 14.2. The summed E-state index contributed by atoms with van der Waals surface area (Å²) < 4.78 is 0. The van der Waals surface area contributed by atoms with Crippen LogP contribution in [0.2, 0.25) is 0 Å². The molecule has 0 spiro atoms. The summed E-state index contributed by atoms with van der Waals surface area (Å²) in [6, 6.07) is 18.9. The lowest BCUT2D eigenvalue weighted by Gasteiger charge is -2.25. The average molecular weight is 313 g/mol. The van der Waals surface area contributed by atoms with Crippen molar-refractivity contribution in [1.82, 2.24) is 10.2 Å². The molecule has 22 heavy (non-hydrogen) atoms. The Kier molecular flexibility index (Phi) is 5.92. The van der Waals surface area contributed by atoms with Crippen LogP contribution in [0.4, 0.5) is 5.69 Å². The van der Waals surface area contributed by atoms with E-state index in [9.17, 15) is 0 Å². The number of rotatable bonds is 5. The molecule has 3 nitrogen and oxygen atoms in total. The molecule has 0 saturated carbocycles. The van der Waals surface area contributed by atoms with Gasteiger partial charge in [0.1, 0.15) is 0 Å². The van der Waals surface area contributed by atoms with E-state index >= 15 is 0 Å². The van der Waals surface area contributed by atoms with Crippen LogP contribution >= 0.6 is 12.2 Å². The number of nitrogens with one attached hydrogen (secondary N) is 2. The summed E-state index contributed by atoms with van der Waals surface area (Å²) >= 11 is 5.39. The zero-order valence-electron chi connectivity index (χ0n) is 13.3. The highest BCUT2D eigenvalue weighted by Gasteiger charge is 2.13. The molecule has 116 valence electrons. The molecule has 4 heteroatoms. The van der Waals surface area contributed by atoms with Crippen LogP contribution in [-0.4, -0.2) is 30.7 Å². The molecule has 0 unspecified atom stereocenters. The van der Waals surface area contributed by atoms with Crippen molar-refractivity contribution in [3.05, 3.63) is 65.7 Å². The molecular weight excluding hydrogens is 290 g/mol. The van der Waals surface area contributed by atoms with Gasteiger partial charge in [0, 0.05) is 12.2 Å². The summed E-state index contributed by atoms with van der Waals surface area (Å²) in [4.78, 5) is 2.19. The van der Waals surface area contributed by atoms with Crippen molar-refractivity contribution in [2.24, 2.45) is 0 Å². The third-order valence-electron chi connectivity index (χ3n) is 3.54. The van der Waals surface area contributed by atoms with Crippen molar-refractivity contribution in [2.45, 2.75) is 13.0 Å². The third-order valence-corrected chi connectivity index (χ3v) is 3.79. The number of benzene rings is 2. The Balaban J connectivity index is 1.94. The van der Waals surface area contributed by atoms with Crippen LogP contribution in [0.3, 0.4) is 0 Å². The van der Waals surface area contributed by atoms with Crippen LogP contribution in [0.1, 0.15) is 17.2 Å². The van der Waals surface area contributed by atoms with Crippen LogP contribution in [0.5, 0.6) is 0 Å². The number of hydrogen-bond acceptors (Lipinski definition) is 2. The minimum Gasteiger partial charge on any atom is -0.361 e. The smallest absolute Gasteiger partial charge is 0.170 e. The summed E-state index contributed by atoms with van der Waals surface area (Å²) in [6.45, 7) is 2.83. The Bertz CT molecular complexity index is 611. The van der Waals surface area contributed by atoms with Gasteiger partial charge in [-0.1, -0.05) is 42.5 Å². The first-order valence-corrected chi connectivity index (χ1v) is 7.80. The number of thiocarbonyl (C=S) groups is 1. The Morgan fingerprint density at radius 1 is 1.09 bits per heavy atom. The highest BCUT2D eigenvalue weighted by atomic mass is 32.1. The molecule has 2 aromatic rings. The maximum atomic E-state index is 5.39. The van der Waals surface area contributed by atoms with Gasteiger partial charge in [0.15, 0.2) is 5.11 Å². The molecule has 0 aromatic heterocycles. The van der Waals surface area contributed by atoms with Gasteiger partial charge in [0.2, 0.25) is 0 Å². The summed E-state index contributed by atoms with van der Waals surface area (Å²) in [6.07, 6.45) is 0. The van der Waals surface area contributed by atoms with Gasteiger partial charge in [0.05, 0.1) is 6.04 Å². The van der Waals surface area contributed by atoms with E-state index in [0.29, 0.717) is 5.11 Å². The standard InChI is InChI=1S/C18H23N3S/c1-14-8-7-11-16(12-14)20-18(22)19-13-17(21(2)3)15-9-5-4-6-10-15/h4-12,17H,13H2,1-3H3,(H2,19,20,22)/t17-/m0/s1. The molecule has 2 rings (SSSR count). The van der Waals surface area contributed by atoms with Crippen molar-refractivity contribution in [2.75, 3.05) is 26.0 Å². The second-order valence-electron chi connectivity index (χ2n) is 5.59. The molecule has 1 atom stereocenters. The molecule has 2 aromatic carbocycles. The van der Waals surface area contributed by atoms with Crippen molar-refractivity contribution >= 4 is 23.0 Å². The van der Waals surface area contributed by atoms with Gasteiger partial charge in [-0.05, 0) is 56.5 Å². The fourth-order valence-electron chi connectivity index (χ4n) is 2.36. The maximum Gasteiger partial charge on any atom is 0.170 e. The largest absolute Gasteiger partial charge is 0.361 e. The molecule has 0 bridgehead atoms. The van der Waals surface area contributed by atoms with Crippen LogP contribution in [0.15, 0.2) is 54.6 Å². The van der Waals surface area contributed by atoms with E-state index in [2.05, 4.69) is 73.0 Å². The fraction of sp³-hybridized carbons (Fsp3) is 0.278. The predicted octanol–water partition coefficient (Wildman–Crippen LogP) is 3.58. The average Bonchev–Trinajstić information content (AvgIpc) is 2.48. The van der Waals surface area contributed by atoms with E-state index in [1.165, 1.54) is 11.1 Å². The molecule has 0 saturated heterocycles. The van der Waals surface area contributed by atoms with Gasteiger partial charge in [-0.2, -0.15) is 0 Å². The highest BCUT2D eigenvalue weighted by Crippen LogP contribution is 2.16. The van der Waals surface area contributed by atoms with E-state index in [4.69, 9.17) is 12.2 Å². The molecule has 0 aliphatic carbocycles. The number of anilines is 1. The molecule has 2 N–H and O–H groups in total. The molecule has 0 heterocycles. The SMILES string of the molecule is Cc1cccc(NC(=S)NC[C@@H](c2ccccc2)N(C)C)c1. The second kappa shape index (κ2) is 7.92. The number of hydrogen-bond donors (Lipinski definition) is 2. The summed E-state index contributed by atoms with van der Waals surface area (Å²) in [5.74, 6) is 0. The van der Waals surface area contributed by atoms with E-state index in [1.54, 1.807) is 0 Å². The first kappa shape index (κ1) is 16.5. The van der Waals surface area contributed by atoms with Gasteiger partial charge >= 0.3 is 0 Å². The lowest BCUT2D eigenvalue weighted by Crippen LogP contribution is -2.36. The Morgan fingerprint density at radius 2 is 1.82 bits per heavy atom. The maximum absolute atomic E-state index is 5.39. The van der Waals surface area contributed by atoms with Gasteiger partial charge in [0.25, 0.3) is 0 Å². The number of aryl methyl sites for hydroxylation is 1. The summed E-state index contributed by atoms with van der Waals surface area (Å²) in [7, 11) is 4.16. The van der Waals surface area contributed by atoms with Crippen molar-refractivity contribution < 1.29 is 0 Å². The topological polar surface area (TPSA) is 27.3 Å². The summed E-state index contributed by atoms with van der Waals surface area (Å²) in [5, 5.41) is 7.19. The number of likely N-dealkylation sites (N-methyl/N-ethyl adjacent to an activating group) is 1. The first-order chi connectivity index (χ1) is 10.6. The van der Waals surface area contributed by atoms with Crippen molar-refractivity contribution in [3.8, 4) is 0 Å². The van der Waals surface area contributed by atoms with Gasteiger partial charge < -0.3 is 15.5 Å². The lowest BCUT2D eigenvalue weighted by molar-refractivity contribution is 0.299. The Labute approximate surface area is 138 Å². The Morgan fingerprint density at radius 3 is 2.45 bits per heavy atom. The summed E-state index contributed by atoms with van der Waals surface area (Å²) in [5.41, 5.74) is 3.50. The van der Waals surface area contributed by atoms with E-state index in [-0.39, 0.29) is 6.04 Å². The predicted molar refractivity (Wildman–Crippen MR) is 98.3 cm³/mol. The van der Waals surface area contributed by atoms with Crippen LogP contribution in [0, 0.1) is 6.92 Å². The molecule has 0 radical (unpaired) electrons. The highest BCUT2D eigenvalue weighted by molar-refractivity contribution is 7.80. The van der Waals surface area contributed by atoms with Gasteiger partial charge in [-0.25, -0.2) is 0 Å². The zero-order chi connectivity index (χ0) is 15.9. The van der Waals surface area contributed by atoms with E-state index in [0.717, 1.165) is 12.2 Å². The van der Waals surface area contributed by atoms with Crippen LogP contribution in [0.25, 0.3) is 0 Å².